The summed E-state index contributed by atoms with van der Waals surface area (Å²) < 4.78 is 36.2. The Hall–Kier alpha value is -3.00. The summed E-state index contributed by atoms with van der Waals surface area (Å²) in [6, 6.07) is 27.1. The molecular weight excluding hydrogens is 522 g/mol. The highest BCUT2D eigenvalue weighted by atomic mass is 32.2. The zero-order valence-electron chi connectivity index (χ0n) is 24.4. The Kier molecular flexibility index (Phi) is 11.5. The number of nitrogens with zero attached hydrogens (tertiary/aromatic N) is 1. The average Bonchev–Trinajstić information content (AvgIpc) is 2.91. The molecule has 2 atom stereocenters. The number of aryl methyl sites for hydroxylation is 1. The lowest BCUT2D eigenvalue weighted by Crippen LogP contribution is -2.39. The molecule has 0 aliphatic heterocycles. The molecule has 40 heavy (non-hydrogen) atoms. The van der Waals surface area contributed by atoms with Crippen molar-refractivity contribution >= 4 is 16.1 Å². The SMILES string of the molecule is Cc1ccc(S(=O)(=O)OCCCC[C@@H](CC(=O)OC(C)(C)C)N(Cc2ccccc2)[C@@H](C)c2ccccc2)cc1. The first-order valence-electron chi connectivity index (χ1n) is 14.0. The molecule has 0 saturated carbocycles. The van der Waals surface area contributed by atoms with Crippen LogP contribution < -0.4 is 0 Å². The number of hydrogen-bond acceptors (Lipinski definition) is 6. The Bertz CT molecular complexity index is 1290. The third kappa shape index (κ3) is 10.2. The maximum absolute atomic E-state index is 13.0. The van der Waals surface area contributed by atoms with Gasteiger partial charge in [-0.15, -0.1) is 0 Å². The lowest BCUT2D eigenvalue weighted by Gasteiger charge is -2.37. The second kappa shape index (κ2) is 14.6. The van der Waals surface area contributed by atoms with Crippen molar-refractivity contribution in [3.8, 4) is 0 Å². The molecule has 0 aliphatic rings. The Morgan fingerprint density at radius 1 is 0.875 bits per heavy atom. The van der Waals surface area contributed by atoms with Gasteiger partial charge in [0.2, 0.25) is 0 Å². The first kappa shape index (κ1) is 31.5. The summed E-state index contributed by atoms with van der Waals surface area (Å²) in [5, 5.41) is 0. The van der Waals surface area contributed by atoms with Crippen LogP contribution in [0.2, 0.25) is 0 Å². The van der Waals surface area contributed by atoms with Crippen molar-refractivity contribution in [2.75, 3.05) is 6.61 Å². The molecule has 3 aromatic carbocycles. The number of hydrogen-bond donors (Lipinski definition) is 0. The van der Waals surface area contributed by atoms with Gasteiger partial charge in [-0.25, -0.2) is 0 Å². The van der Waals surface area contributed by atoms with Crippen molar-refractivity contribution in [3.63, 3.8) is 0 Å². The predicted molar refractivity (Wildman–Crippen MR) is 159 cm³/mol. The normalized spacial score (nSPS) is 13.7. The Labute approximate surface area is 240 Å². The van der Waals surface area contributed by atoms with Crippen LogP contribution in [-0.2, 0) is 30.4 Å². The van der Waals surface area contributed by atoms with Gasteiger partial charge in [-0.2, -0.15) is 8.42 Å². The smallest absolute Gasteiger partial charge is 0.307 e. The maximum atomic E-state index is 13.0. The van der Waals surface area contributed by atoms with Crippen molar-refractivity contribution in [2.45, 2.75) is 89.4 Å². The molecule has 0 unspecified atom stereocenters. The van der Waals surface area contributed by atoms with E-state index < -0.39 is 15.7 Å². The number of rotatable bonds is 14. The van der Waals surface area contributed by atoms with Crippen LogP contribution in [0.3, 0.4) is 0 Å². The molecule has 0 aromatic heterocycles. The minimum atomic E-state index is -3.81. The summed E-state index contributed by atoms with van der Waals surface area (Å²) >= 11 is 0. The van der Waals surface area contributed by atoms with Gasteiger partial charge in [0.1, 0.15) is 5.60 Å². The molecular formula is C33H43NO5S. The number of esters is 1. The molecule has 216 valence electrons. The highest BCUT2D eigenvalue weighted by Crippen LogP contribution is 2.29. The molecule has 0 fully saturated rings. The summed E-state index contributed by atoms with van der Waals surface area (Å²) in [5.41, 5.74) is 2.74. The van der Waals surface area contributed by atoms with Gasteiger partial charge in [-0.1, -0.05) is 78.4 Å². The Morgan fingerprint density at radius 3 is 2.08 bits per heavy atom. The zero-order valence-corrected chi connectivity index (χ0v) is 25.2. The number of ether oxygens (including phenoxy) is 1. The van der Waals surface area contributed by atoms with E-state index in [1.165, 1.54) is 5.56 Å². The molecule has 0 radical (unpaired) electrons. The van der Waals surface area contributed by atoms with E-state index in [4.69, 9.17) is 8.92 Å². The topological polar surface area (TPSA) is 72.9 Å². The minimum Gasteiger partial charge on any atom is -0.460 e. The van der Waals surface area contributed by atoms with Crippen LogP contribution in [0.1, 0.15) is 76.1 Å². The second-order valence-electron chi connectivity index (χ2n) is 11.3. The fraction of sp³-hybridized carbons (Fsp3) is 0.424. The molecule has 0 aliphatic carbocycles. The summed E-state index contributed by atoms with van der Waals surface area (Å²) in [4.78, 5) is 15.6. The highest BCUT2D eigenvalue weighted by Gasteiger charge is 2.29. The van der Waals surface area contributed by atoms with Gasteiger partial charge in [0, 0.05) is 18.6 Å². The van der Waals surface area contributed by atoms with Crippen LogP contribution >= 0.6 is 0 Å². The third-order valence-electron chi connectivity index (χ3n) is 6.76. The summed E-state index contributed by atoms with van der Waals surface area (Å²) in [6.07, 6.45) is 2.18. The molecule has 0 saturated heterocycles. The van der Waals surface area contributed by atoms with E-state index in [0.717, 1.165) is 11.1 Å². The second-order valence-corrected chi connectivity index (χ2v) is 12.9. The van der Waals surface area contributed by atoms with Crippen molar-refractivity contribution in [2.24, 2.45) is 0 Å². The molecule has 0 bridgehead atoms. The van der Waals surface area contributed by atoms with Crippen molar-refractivity contribution in [3.05, 3.63) is 102 Å². The van der Waals surface area contributed by atoms with Crippen molar-refractivity contribution in [1.29, 1.82) is 0 Å². The Balaban J connectivity index is 1.75. The lowest BCUT2D eigenvalue weighted by atomic mass is 9.98. The molecule has 6 nitrogen and oxygen atoms in total. The molecule has 0 spiro atoms. The molecule has 3 rings (SSSR count). The minimum absolute atomic E-state index is 0.0482. The van der Waals surface area contributed by atoms with Crippen LogP contribution in [0.25, 0.3) is 0 Å². The highest BCUT2D eigenvalue weighted by molar-refractivity contribution is 7.86. The van der Waals surface area contributed by atoms with Gasteiger partial charge in [-0.3, -0.25) is 13.9 Å². The van der Waals surface area contributed by atoms with E-state index in [2.05, 4.69) is 36.1 Å². The van der Waals surface area contributed by atoms with Crippen molar-refractivity contribution < 1.29 is 22.1 Å². The van der Waals surface area contributed by atoms with E-state index in [1.54, 1.807) is 24.3 Å². The average molecular weight is 566 g/mol. The lowest BCUT2D eigenvalue weighted by molar-refractivity contribution is -0.156. The quantitative estimate of drug-likeness (QED) is 0.117. The third-order valence-corrected chi connectivity index (χ3v) is 8.09. The molecule has 7 heteroatoms. The predicted octanol–water partition coefficient (Wildman–Crippen LogP) is 7.23. The fourth-order valence-corrected chi connectivity index (χ4v) is 5.63. The zero-order chi connectivity index (χ0) is 29.2. The van der Waals surface area contributed by atoms with Gasteiger partial charge in [-0.05, 0) is 77.1 Å². The Morgan fingerprint density at radius 2 is 1.48 bits per heavy atom. The van der Waals surface area contributed by atoms with E-state index in [9.17, 15) is 13.2 Å². The number of unbranched alkanes of at least 4 members (excludes halogenated alkanes) is 1. The van der Waals surface area contributed by atoms with E-state index in [1.807, 2.05) is 64.1 Å². The number of carbonyl (C=O) groups excluding carboxylic acids is 1. The van der Waals surface area contributed by atoms with E-state index in [0.29, 0.717) is 25.8 Å². The van der Waals surface area contributed by atoms with Crippen LogP contribution in [0.4, 0.5) is 0 Å². The van der Waals surface area contributed by atoms with Crippen LogP contribution in [0, 0.1) is 6.92 Å². The molecule has 3 aromatic rings. The number of carbonyl (C=O) groups is 1. The van der Waals surface area contributed by atoms with E-state index in [-0.39, 0.29) is 36.0 Å². The largest absolute Gasteiger partial charge is 0.460 e. The molecule has 0 heterocycles. The number of benzene rings is 3. The van der Waals surface area contributed by atoms with Crippen LogP contribution in [-0.4, -0.2) is 37.5 Å². The summed E-state index contributed by atoms with van der Waals surface area (Å²) in [6.45, 7) is 10.5. The monoisotopic (exact) mass is 565 g/mol. The van der Waals surface area contributed by atoms with Crippen molar-refractivity contribution in [1.82, 2.24) is 4.90 Å². The first-order chi connectivity index (χ1) is 18.9. The van der Waals surface area contributed by atoms with Gasteiger partial charge in [0.15, 0.2) is 0 Å². The summed E-state index contributed by atoms with van der Waals surface area (Å²) in [5.74, 6) is -0.242. The van der Waals surface area contributed by atoms with E-state index >= 15 is 0 Å². The molecule has 0 amide bonds. The van der Waals surface area contributed by atoms with Gasteiger partial charge >= 0.3 is 5.97 Å². The van der Waals surface area contributed by atoms with Gasteiger partial charge in [0.25, 0.3) is 10.1 Å². The first-order valence-corrected chi connectivity index (χ1v) is 15.4. The van der Waals surface area contributed by atoms with Crippen LogP contribution in [0.5, 0.6) is 0 Å². The standard InChI is InChI=1S/C33H43NO5S/c1-26-19-21-31(22-20-26)40(36,37)38-23-13-12-18-30(24-32(35)39-33(3,4)5)34(25-28-14-8-6-9-15-28)27(2)29-16-10-7-11-17-29/h6-11,14-17,19-22,27,30H,12-13,18,23-25H2,1-5H3/t27-,30-/m0/s1. The maximum Gasteiger partial charge on any atom is 0.307 e. The van der Waals surface area contributed by atoms with Crippen LogP contribution in [0.15, 0.2) is 89.8 Å². The fourth-order valence-electron chi connectivity index (χ4n) is 4.68. The summed E-state index contributed by atoms with van der Waals surface area (Å²) in [7, 11) is -3.81. The van der Waals surface area contributed by atoms with Gasteiger partial charge < -0.3 is 4.74 Å². The van der Waals surface area contributed by atoms with Gasteiger partial charge in [0.05, 0.1) is 17.9 Å². The molecule has 0 N–H and O–H groups in total.